The molecule has 1 amide bonds. The molecule has 5 aromatic rings. The first-order valence-corrected chi connectivity index (χ1v) is 10.6. The van der Waals surface area contributed by atoms with E-state index in [4.69, 9.17) is 5.10 Å². The molecular weight excluding hydrogens is 414 g/mol. The van der Waals surface area contributed by atoms with Crippen molar-refractivity contribution in [2.45, 2.75) is 13.1 Å². The van der Waals surface area contributed by atoms with E-state index in [1.807, 2.05) is 77.6 Å². The number of para-hydroxylation sites is 2. The third-order valence-corrected chi connectivity index (χ3v) is 5.38. The van der Waals surface area contributed by atoms with Crippen LogP contribution in [-0.4, -0.2) is 25.2 Å². The molecule has 162 valence electrons. The van der Waals surface area contributed by atoms with Crippen molar-refractivity contribution in [2.75, 3.05) is 0 Å². The average molecular weight is 435 g/mol. The molecule has 2 heterocycles. The summed E-state index contributed by atoms with van der Waals surface area (Å²) in [7, 11) is 0. The van der Waals surface area contributed by atoms with Gasteiger partial charge in [0.2, 0.25) is 5.91 Å². The van der Waals surface area contributed by atoms with Gasteiger partial charge in [-0.3, -0.25) is 14.2 Å². The van der Waals surface area contributed by atoms with E-state index in [1.165, 1.54) is 10.9 Å². The fraction of sp³-hybridized carbons (Fsp3) is 0.0769. The Morgan fingerprint density at radius 2 is 1.58 bits per heavy atom. The van der Waals surface area contributed by atoms with Gasteiger partial charge in [-0.2, -0.15) is 5.10 Å². The third kappa shape index (κ3) is 4.29. The molecule has 1 N–H and O–H groups in total. The summed E-state index contributed by atoms with van der Waals surface area (Å²) in [6.07, 6.45) is 3.33. The maximum atomic E-state index is 12.7. The van der Waals surface area contributed by atoms with Gasteiger partial charge >= 0.3 is 0 Å². The number of hydrogen-bond donors (Lipinski definition) is 1. The summed E-state index contributed by atoms with van der Waals surface area (Å²) in [6, 6.07) is 26.8. The lowest BCUT2D eigenvalue weighted by Gasteiger charge is -2.08. The molecule has 0 spiro atoms. The van der Waals surface area contributed by atoms with Gasteiger partial charge in [0, 0.05) is 23.9 Å². The number of aromatic nitrogens is 4. The number of rotatable bonds is 6. The molecular formula is C26H21N5O2. The van der Waals surface area contributed by atoms with Gasteiger partial charge in [0.15, 0.2) is 0 Å². The van der Waals surface area contributed by atoms with Crippen LogP contribution in [0.15, 0.2) is 102 Å². The van der Waals surface area contributed by atoms with E-state index >= 15 is 0 Å². The van der Waals surface area contributed by atoms with Crippen molar-refractivity contribution in [1.29, 1.82) is 0 Å². The second kappa shape index (κ2) is 8.92. The number of nitrogens with one attached hydrogen (secondary N) is 1. The first kappa shape index (κ1) is 20.4. The lowest BCUT2D eigenvalue weighted by Crippen LogP contribution is -2.32. The zero-order valence-corrected chi connectivity index (χ0v) is 17.8. The third-order valence-electron chi connectivity index (χ3n) is 5.38. The highest BCUT2D eigenvalue weighted by Crippen LogP contribution is 2.23. The highest BCUT2D eigenvalue weighted by molar-refractivity contribution is 5.79. The first-order valence-electron chi connectivity index (χ1n) is 10.6. The average Bonchev–Trinajstić information content (AvgIpc) is 3.30. The summed E-state index contributed by atoms with van der Waals surface area (Å²) >= 11 is 0. The zero-order chi connectivity index (χ0) is 22.6. The fourth-order valence-corrected chi connectivity index (χ4v) is 3.71. The Hall–Kier alpha value is -4.52. The zero-order valence-electron chi connectivity index (χ0n) is 17.8. The highest BCUT2D eigenvalue weighted by atomic mass is 16.2. The minimum absolute atomic E-state index is 0.107. The van der Waals surface area contributed by atoms with Gasteiger partial charge in [0.1, 0.15) is 6.54 Å². The predicted octanol–water partition coefficient (Wildman–Crippen LogP) is 3.57. The van der Waals surface area contributed by atoms with Gasteiger partial charge in [-0.25, -0.2) is 9.67 Å². The molecule has 0 bridgehead atoms. The topological polar surface area (TPSA) is 81.8 Å². The van der Waals surface area contributed by atoms with E-state index in [2.05, 4.69) is 10.3 Å². The molecule has 0 atom stereocenters. The maximum Gasteiger partial charge on any atom is 0.261 e. The van der Waals surface area contributed by atoms with E-state index in [9.17, 15) is 9.59 Å². The van der Waals surface area contributed by atoms with Gasteiger partial charge in [0.05, 0.1) is 28.6 Å². The van der Waals surface area contributed by atoms with Gasteiger partial charge in [-0.05, 0) is 24.3 Å². The quantitative estimate of drug-likeness (QED) is 0.442. The Kier molecular flexibility index (Phi) is 5.51. The van der Waals surface area contributed by atoms with Crippen LogP contribution in [-0.2, 0) is 17.9 Å². The highest BCUT2D eigenvalue weighted by Gasteiger charge is 2.14. The summed E-state index contributed by atoms with van der Waals surface area (Å²) in [6.45, 7) is 0.176. The molecule has 0 aliphatic carbocycles. The van der Waals surface area contributed by atoms with E-state index in [0.717, 1.165) is 22.5 Å². The Labute approximate surface area is 190 Å². The first-order chi connectivity index (χ1) is 16.2. The molecule has 0 aliphatic heterocycles. The van der Waals surface area contributed by atoms with E-state index in [1.54, 1.807) is 18.2 Å². The maximum absolute atomic E-state index is 12.7. The second-order valence-corrected chi connectivity index (χ2v) is 7.62. The van der Waals surface area contributed by atoms with Crippen LogP contribution in [0.5, 0.6) is 0 Å². The second-order valence-electron chi connectivity index (χ2n) is 7.62. The molecule has 0 radical (unpaired) electrons. The number of hydrogen-bond acceptors (Lipinski definition) is 4. The number of benzene rings is 3. The van der Waals surface area contributed by atoms with Crippen molar-refractivity contribution in [3.05, 3.63) is 113 Å². The number of carbonyl (C=O) groups excluding carboxylic acids is 1. The molecule has 0 aliphatic rings. The number of fused-ring (bicyclic) bond motifs is 1. The van der Waals surface area contributed by atoms with Crippen LogP contribution >= 0.6 is 0 Å². The number of nitrogens with zero attached hydrogens (tertiary/aromatic N) is 4. The normalized spacial score (nSPS) is 10.9. The smallest absolute Gasteiger partial charge is 0.261 e. The van der Waals surface area contributed by atoms with E-state index < -0.39 is 0 Å². The van der Waals surface area contributed by atoms with Crippen LogP contribution in [0.4, 0.5) is 0 Å². The van der Waals surface area contributed by atoms with Crippen molar-refractivity contribution in [2.24, 2.45) is 0 Å². The van der Waals surface area contributed by atoms with Crippen molar-refractivity contribution < 1.29 is 4.79 Å². The minimum atomic E-state index is -0.277. The summed E-state index contributed by atoms with van der Waals surface area (Å²) in [4.78, 5) is 29.6. The molecule has 7 heteroatoms. The number of carbonyl (C=O) groups is 1. The molecule has 0 fully saturated rings. The lowest BCUT2D eigenvalue weighted by molar-refractivity contribution is -0.121. The van der Waals surface area contributed by atoms with Gasteiger partial charge < -0.3 is 5.32 Å². The predicted molar refractivity (Wildman–Crippen MR) is 127 cm³/mol. The molecule has 0 saturated carbocycles. The Morgan fingerprint density at radius 1 is 0.879 bits per heavy atom. The van der Waals surface area contributed by atoms with Crippen LogP contribution in [0, 0.1) is 0 Å². The van der Waals surface area contributed by atoms with E-state index in [0.29, 0.717) is 10.9 Å². The van der Waals surface area contributed by atoms with Crippen LogP contribution in [0.3, 0.4) is 0 Å². The van der Waals surface area contributed by atoms with Crippen LogP contribution in [0.1, 0.15) is 5.56 Å². The molecule has 33 heavy (non-hydrogen) atoms. The van der Waals surface area contributed by atoms with Crippen LogP contribution in [0.2, 0.25) is 0 Å². The molecule has 2 aromatic heterocycles. The summed E-state index contributed by atoms with van der Waals surface area (Å²) in [5.74, 6) is -0.277. The molecule has 3 aromatic carbocycles. The lowest BCUT2D eigenvalue weighted by atomic mass is 10.1. The van der Waals surface area contributed by atoms with Crippen molar-refractivity contribution in [3.8, 4) is 16.9 Å². The van der Waals surface area contributed by atoms with Gasteiger partial charge in [-0.15, -0.1) is 0 Å². The Balaban J connectivity index is 1.38. The van der Waals surface area contributed by atoms with Gasteiger partial charge in [-0.1, -0.05) is 60.7 Å². The summed E-state index contributed by atoms with van der Waals surface area (Å²) in [5, 5.41) is 8.17. The summed E-state index contributed by atoms with van der Waals surface area (Å²) < 4.78 is 3.13. The van der Waals surface area contributed by atoms with Crippen molar-refractivity contribution in [1.82, 2.24) is 24.6 Å². The molecule has 0 saturated heterocycles. The van der Waals surface area contributed by atoms with Crippen LogP contribution in [0.25, 0.3) is 27.8 Å². The van der Waals surface area contributed by atoms with Crippen LogP contribution < -0.4 is 10.9 Å². The van der Waals surface area contributed by atoms with Crippen molar-refractivity contribution >= 4 is 16.8 Å². The molecule has 7 nitrogen and oxygen atoms in total. The molecule has 0 unspecified atom stereocenters. The Bertz CT molecular complexity index is 1470. The van der Waals surface area contributed by atoms with Crippen molar-refractivity contribution in [3.63, 3.8) is 0 Å². The summed E-state index contributed by atoms with van der Waals surface area (Å²) in [5.41, 5.74) is 3.94. The standard InChI is InChI=1S/C26H21N5O2/c32-24(17-30-18-28-23-14-8-7-13-22(23)26(30)33)27-15-20-16-31(21-11-5-2-6-12-21)29-25(20)19-9-3-1-4-10-19/h1-14,16,18H,15,17H2,(H,27,32). The largest absolute Gasteiger partial charge is 0.350 e. The molecule has 5 rings (SSSR count). The minimum Gasteiger partial charge on any atom is -0.350 e. The van der Waals surface area contributed by atoms with E-state index in [-0.39, 0.29) is 24.6 Å². The monoisotopic (exact) mass is 435 g/mol. The SMILES string of the molecule is O=C(Cn1cnc2ccccc2c1=O)NCc1cn(-c2ccccc2)nc1-c1ccccc1. The number of amides is 1. The Morgan fingerprint density at radius 3 is 2.36 bits per heavy atom. The fourth-order valence-electron chi connectivity index (χ4n) is 3.71. The van der Waals surface area contributed by atoms with Gasteiger partial charge in [0.25, 0.3) is 5.56 Å².